The summed E-state index contributed by atoms with van der Waals surface area (Å²) >= 11 is 0. The van der Waals surface area contributed by atoms with Crippen LogP contribution in [0.5, 0.6) is 5.75 Å². The van der Waals surface area contributed by atoms with Crippen LogP contribution in [0.1, 0.15) is 43.1 Å². The Morgan fingerprint density at radius 1 is 1.08 bits per heavy atom. The van der Waals surface area contributed by atoms with Crippen molar-refractivity contribution in [2.45, 2.75) is 32.7 Å². The summed E-state index contributed by atoms with van der Waals surface area (Å²) in [6.45, 7) is 8.02. The van der Waals surface area contributed by atoms with E-state index in [1.165, 1.54) is 0 Å². The number of rotatable bonds is 7. The van der Waals surface area contributed by atoms with E-state index < -0.39 is 0 Å². The fourth-order valence-electron chi connectivity index (χ4n) is 2.87. The number of aromatic amines is 1. The third kappa shape index (κ3) is 4.52. The van der Waals surface area contributed by atoms with Crippen LogP contribution in [0, 0.1) is 0 Å². The number of hydrogen-bond acceptors (Lipinski definition) is 3. The van der Waals surface area contributed by atoms with Crippen LogP contribution >= 0.6 is 0 Å². The number of ether oxygens (including phenoxy) is 1. The SMILES string of the molecule is CC(C)(C)NCCCOc1ccc(C(=O)c2cccc3[nH]ccc23)cc1. The molecule has 4 heteroatoms. The Balaban J connectivity index is 1.59. The number of hydrogen-bond donors (Lipinski definition) is 2. The van der Waals surface area contributed by atoms with Crippen molar-refractivity contribution in [3.63, 3.8) is 0 Å². The number of carbonyl (C=O) groups excluding carboxylic acids is 1. The topological polar surface area (TPSA) is 54.1 Å². The summed E-state index contributed by atoms with van der Waals surface area (Å²) in [7, 11) is 0. The number of H-pyrrole nitrogens is 1. The summed E-state index contributed by atoms with van der Waals surface area (Å²) in [6.07, 6.45) is 2.79. The summed E-state index contributed by atoms with van der Waals surface area (Å²) in [5.41, 5.74) is 2.48. The van der Waals surface area contributed by atoms with Gasteiger partial charge in [0.15, 0.2) is 5.78 Å². The minimum Gasteiger partial charge on any atom is -0.494 e. The van der Waals surface area contributed by atoms with Crippen molar-refractivity contribution in [1.82, 2.24) is 10.3 Å². The van der Waals surface area contributed by atoms with Gasteiger partial charge in [-0.2, -0.15) is 0 Å². The van der Waals surface area contributed by atoms with Crippen molar-refractivity contribution in [2.24, 2.45) is 0 Å². The fourth-order valence-corrected chi connectivity index (χ4v) is 2.87. The molecule has 0 amide bonds. The first-order valence-electron chi connectivity index (χ1n) is 9.03. The van der Waals surface area contributed by atoms with E-state index in [9.17, 15) is 4.79 Å². The lowest BCUT2D eigenvalue weighted by Gasteiger charge is -2.20. The standard InChI is InChI=1S/C22H26N2O2/c1-22(2,3)24-13-5-15-26-17-10-8-16(9-11-17)21(25)19-6-4-7-20-18(19)12-14-23-20/h4,6-12,14,23-24H,5,13,15H2,1-3H3. The van der Waals surface area contributed by atoms with E-state index in [1.807, 2.05) is 54.7 Å². The van der Waals surface area contributed by atoms with E-state index in [0.29, 0.717) is 17.7 Å². The molecule has 0 saturated heterocycles. The normalized spacial score (nSPS) is 11.7. The van der Waals surface area contributed by atoms with Crippen LogP contribution in [0.4, 0.5) is 0 Å². The van der Waals surface area contributed by atoms with Crippen LogP contribution in [0.15, 0.2) is 54.7 Å². The molecule has 0 fully saturated rings. The molecule has 0 atom stereocenters. The van der Waals surface area contributed by atoms with Gasteiger partial charge in [0.2, 0.25) is 0 Å². The molecule has 0 radical (unpaired) electrons. The Kier molecular flexibility index (Phi) is 5.43. The number of fused-ring (bicyclic) bond motifs is 1. The molecule has 3 aromatic rings. The Labute approximate surface area is 154 Å². The number of nitrogens with one attached hydrogen (secondary N) is 2. The third-order valence-electron chi connectivity index (χ3n) is 4.20. The minimum atomic E-state index is 0.0242. The monoisotopic (exact) mass is 350 g/mol. The molecule has 136 valence electrons. The van der Waals surface area contributed by atoms with E-state index in [1.54, 1.807) is 0 Å². The van der Waals surface area contributed by atoms with Gasteiger partial charge in [-0.25, -0.2) is 0 Å². The van der Waals surface area contributed by atoms with Gasteiger partial charge in [-0.3, -0.25) is 4.79 Å². The first kappa shape index (κ1) is 18.2. The van der Waals surface area contributed by atoms with Gasteiger partial charge in [-0.15, -0.1) is 0 Å². The average molecular weight is 350 g/mol. The summed E-state index contributed by atoms with van der Waals surface area (Å²) < 4.78 is 5.76. The van der Waals surface area contributed by atoms with Crippen LogP contribution < -0.4 is 10.1 Å². The van der Waals surface area contributed by atoms with Gasteiger partial charge in [0.05, 0.1) is 6.61 Å². The number of benzene rings is 2. The lowest BCUT2D eigenvalue weighted by molar-refractivity contribution is 0.104. The molecule has 2 aromatic carbocycles. The molecule has 1 heterocycles. The second kappa shape index (κ2) is 7.75. The van der Waals surface area contributed by atoms with E-state index >= 15 is 0 Å². The van der Waals surface area contributed by atoms with Gasteiger partial charge in [0.25, 0.3) is 0 Å². The van der Waals surface area contributed by atoms with E-state index in [2.05, 4.69) is 31.1 Å². The highest BCUT2D eigenvalue weighted by molar-refractivity contribution is 6.16. The summed E-state index contributed by atoms with van der Waals surface area (Å²) in [4.78, 5) is 15.9. The molecular formula is C22H26N2O2. The molecule has 0 spiro atoms. The zero-order chi connectivity index (χ0) is 18.6. The van der Waals surface area contributed by atoms with Crippen molar-refractivity contribution in [3.8, 4) is 5.75 Å². The molecule has 0 aliphatic rings. The molecule has 0 saturated carbocycles. The first-order chi connectivity index (χ1) is 12.4. The third-order valence-corrected chi connectivity index (χ3v) is 4.20. The molecule has 2 N–H and O–H groups in total. The Morgan fingerprint density at radius 3 is 2.58 bits per heavy atom. The van der Waals surface area contributed by atoms with Gasteiger partial charge in [0.1, 0.15) is 5.75 Å². The van der Waals surface area contributed by atoms with Gasteiger partial charge < -0.3 is 15.0 Å². The molecule has 0 bridgehead atoms. The summed E-state index contributed by atoms with van der Waals surface area (Å²) in [6, 6.07) is 15.1. The van der Waals surface area contributed by atoms with Crippen molar-refractivity contribution in [1.29, 1.82) is 0 Å². The van der Waals surface area contributed by atoms with Crippen molar-refractivity contribution >= 4 is 16.7 Å². The van der Waals surface area contributed by atoms with E-state index in [0.717, 1.165) is 29.6 Å². The zero-order valence-electron chi connectivity index (χ0n) is 15.6. The van der Waals surface area contributed by atoms with Crippen LogP contribution in [0.2, 0.25) is 0 Å². The molecule has 26 heavy (non-hydrogen) atoms. The maximum absolute atomic E-state index is 12.8. The predicted molar refractivity (Wildman–Crippen MR) is 106 cm³/mol. The number of carbonyl (C=O) groups is 1. The van der Waals surface area contributed by atoms with Crippen LogP contribution in [-0.2, 0) is 0 Å². The second-order valence-corrected chi connectivity index (χ2v) is 7.48. The summed E-state index contributed by atoms with van der Waals surface area (Å²) in [5.74, 6) is 0.813. The predicted octanol–water partition coefficient (Wildman–Crippen LogP) is 4.56. The second-order valence-electron chi connectivity index (χ2n) is 7.48. The first-order valence-corrected chi connectivity index (χ1v) is 9.03. The maximum atomic E-state index is 12.8. The van der Waals surface area contributed by atoms with Crippen molar-refractivity contribution in [2.75, 3.05) is 13.2 Å². The van der Waals surface area contributed by atoms with Gasteiger partial charge in [-0.1, -0.05) is 12.1 Å². The lowest BCUT2D eigenvalue weighted by Crippen LogP contribution is -2.36. The lowest BCUT2D eigenvalue weighted by atomic mass is 10.00. The van der Waals surface area contributed by atoms with Gasteiger partial charge >= 0.3 is 0 Å². The Bertz CT molecular complexity index is 873. The van der Waals surface area contributed by atoms with Crippen LogP contribution in [0.3, 0.4) is 0 Å². The molecular weight excluding hydrogens is 324 g/mol. The largest absolute Gasteiger partial charge is 0.494 e. The van der Waals surface area contributed by atoms with E-state index in [-0.39, 0.29) is 11.3 Å². The highest BCUT2D eigenvalue weighted by Crippen LogP contribution is 2.22. The quantitative estimate of drug-likeness (QED) is 0.485. The molecule has 3 rings (SSSR count). The van der Waals surface area contributed by atoms with Crippen molar-refractivity contribution < 1.29 is 9.53 Å². The van der Waals surface area contributed by atoms with E-state index in [4.69, 9.17) is 4.74 Å². The molecule has 4 nitrogen and oxygen atoms in total. The minimum absolute atomic E-state index is 0.0242. The average Bonchev–Trinajstić information content (AvgIpc) is 3.09. The highest BCUT2D eigenvalue weighted by atomic mass is 16.5. The Hall–Kier alpha value is -2.59. The fraction of sp³-hybridized carbons (Fsp3) is 0.318. The highest BCUT2D eigenvalue weighted by Gasteiger charge is 2.13. The van der Waals surface area contributed by atoms with Crippen LogP contribution in [0.25, 0.3) is 10.9 Å². The van der Waals surface area contributed by atoms with Crippen molar-refractivity contribution in [3.05, 3.63) is 65.9 Å². The summed E-state index contributed by atoms with van der Waals surface area (Å²) in [5, 5.41) is 4.38. The molecule has 1 aromatic heterocycles. The van der Waals surface area contributed by atoms with Gasteiger partial charge in [-0.05, 0) is 70.1 Å². The number of aromatic nitrogens is 1. The molecule has 0 aliphatic carbocycles. The number of ketones is 1. The molecule has 0 unspecified atom stereocenters. The smallest absolute Gasteiger partial charge is 0.193 e. The Morgan fingerprint density at radius 2 is 1.85 bits per heavy atom. The van der Waals surface area contributed by atoms with Crippen LogP contribution in [-0.4, -0.2) is 29.5 Å². The zero-order valence-corrected chi connectivity index (χ0v) is 15.6. The van der Waals surface area contributed by atoms with Gasteiger partial charge in [0, 0.05) is 33.8 Å². The maximum Gasteiger partial charge on any atom is 0.193 e. The molecule has 0 aliphatic heterocycles.